The zero-order valence-electron chi connectivity index (χ0n) is 14.6. The van der Waals surface area contributed by atoms with E-state index >= 15 is 0 Å². The smallest absolute Gasteiger partial charge is 0.128 e. The topological polar surface area (TPSA) is 34.2 Å². The molecule has 0 bridgehead atoms. The van der Waals surface area contributed by atoms with Gasteiger partial charge in [0.15, 0.2) is 0 Å². The average Bonchev–Trinajstić information content (AvgIpc) is 2.63. The van der Waals surface area contributed by atoms with Crippen molar-refractivity contribution in [2.45, 2.75) is 19.9 Å². The SMILES string of the molecule is C=C(N[C@H](C)c1ccc(C)cn1)c1cccc(Oc2ccccc2)c1. The predicted molar refractivity (Wildman–Crippen MR) is 103 cm³/mol. The highest BCUT2D eigenvalue weighted by Gasteiger charge is 2.09. The molecule has 0 spiro atoms. The van der Waals surface area contributed by atoms with Crippen LogP contribution in [0.2, 0.25) is 0 Å². The highest BCUT2D eigenvalue weighted by molar-refractivity contribution is 5.63. The van der Waals surface area contributed by atoms with E-state index in [1.54, 1.807) is 0 Å². The lowest BCUT2D eigenvalue weighted by molar-refractivity contribution is 0.482. The van der Waals surface area contributed by atoms with Crippen molar-refractivity contribution in [2.75, 3.05) is 0 Å². The van der Waals surface area contributed by atoms with Gasteiger partial charge in [0.05, 0.1) is 11.7 Å². The maximum absolute atomic E-state index is 5.89. The lowest BCUT2D eigenvalue weighted by Crippen LogP contribution is -2.17. The van der Waals surface area contributed by atoms with Gasteiger partial charge in [-0.2, -0.15) is 0 Å². The van der Waals surface area contributed by atoms with Gasteiger partial charge in [0.2, 0.25) is 0 Å². The van der Waals surface area contributed by atoms with E-state index in [1.165, 1.54) is 0 Å². The Morgan fingerprint density at radius 3 is 2.48 bits per heavy atom. The quantitative estimate of drug-likeness (QED) is 0.647. The van der Waals surface area contributed by atoms with E-state index in [0.717, 1.165) is 34.0 Å². The van der Waals surface area contributed by atoms with Crippen LogP contribution < -0.4 is 10.1 Å². The van der Waals surface area contributed by atoms with Crippen LogP contribution in [0.4, 0.5) is 0 Å². The molecule has 0 saturated carbocycles. The first-order chi connectivity index (χ1) is 12.1. The second-order valence-electron chi connectivity index (χ2n) is 6.05. The van der Waals surface area contributed by atoms with Crippen molar-refractivity contribution in [2.24, 2.45) is 0 Å². The molecular formula is C22H22N2O. The fraction of sp³-hybridized carbons (Fsp3) is 0.136. The molecule has 3 rings (SSSR count). The van der Waals surface area contributed by atoms with Crippen molar-refractivity contribution in [1.29, 1.82) is 0 Å². The molecule has 3 nitrogen and oxygen atoms in total. The number of aromatic nitrogens is 1. The Kier molecular flexibility index (Phi) is 5.14. The summed E-state index contributed by atoms with van der Waals surface area (Å²) >= 11 is 0. The Hall–Kier alpha value is -3.07. The van der Waals surface area contributed by atoms with Gasteiger partial charge in [-0.05, 0) is 49.7 Å². The zero-order valence-corrected chi connectivity index (χ0v) is 14.6. The van der Waals surface area contributed by atoms with E-state index in [9.17, 15) is 0 Å². The fourth-order valence-electron chi connectivity index (χ4n) is 2.53. The van der Waals surface area contributed by atoms with Gasteiger partial charge >= 0.3 is 0 Å². The van der Waals surface area contributed by atoms with Crippen LogP contribution in [0.3, 0.4) is 0 Å². The molecular weight excluding hydrogens is 308 g/mol. The first kappa shape index (κ1) is 16.8. The summed E-state index contributed by atoms with van der Waals surface area (Å²) in [4.78, 5) is 4.47. The molecule has 0 aliphatic heterocycles. The molecule has 0 amide bonds. The van der Waals surface area contributed by atoms with Gasteiger partial charge in [-0.1, -0.05) is 43.0 Å². The summed E-state index contributed by atoms with van der Waals surface area (Å²) in [5, 5.41) is 3.41. The first-order valence-electron chi connectivity index (χ1n) is 8.33. The minimum Gasteiger partial charge on any atom is -0.457 e. The molecule has 3 aromatic rings. The van der Waals surface area contributed by atoms with E-state index < -0.39 is 0 Å². The summed E-state index contributed by atoms with van der Waals surface area (Å²) in [7, 11) is 0. The van der Waals surface area contributed by atoms with E-state index in [-0.39, 0.29) is 6.04 Å². The lowest BCUT2D eigenvalue weighted by Gasteiger charge is -2.17. The summed E-state index contributed by atoms with van der Waals surface area (Å²) in [6.45, 7) is 8.27. The monoisotopic (exact) mass is 330 g/mol. The number of pyridine rings is 1. The highest BCUT2D eigenvalue weighted by atomic mass is 16.5. The molecule has 1 N–H and O–H groups in total. The molecule has 0 unspecified atom stereocenters. The van der Waals surface area contributed by atoms with Crippen molar-refractivity contribution < 1.29 is 4.74 Å². The molecule has 1 heterocycles. The van der Waals surface area contributed by atoms with Crippen LogP contribution in [-0.2, 0) is 0 Å². The van der Waals surface area contributed by atoms with Gasteiger partial charge in [0, 0.05) is 17.5 Å². The van der Waals surface area contributed by atoms with E-state index in [2.05, 4.69) is 29.9 Å². The zero-order chi connectivity index (χ0) is 17.6. The number of aryl methyl sites for hydroxylation is 1. The van der Waals surface area contributed by atoms with E-state index in [4.69, 9.17) is 4.74 Å². The maximum atomic E-state index is 5.89. The van der Waals surface area contributed by atoms with Crippen molar-refractivity contribution in [3.8, 4) is 11.5 Å². The van der Waals surface area contributed by atoms with Gasteiger partial charge in [0.1, 0.15) is 11.5 Å². The van der Waals surface area contributed by atoms with Crippen molar-refractivity contribution >= 4 is 5.70 Å². The average molecular weight is 330 g/mol. The summed E-state index contributed by atoms with van der Waals surface area (Å²) in [6, 6.07) is 21.8. The standard InChI is InChI=1S/C22H22N2O/c1-16-12-13-22(23-15-16)18(3)24-17(2)19-8-7-11-21(14-19)25-20-9-5-4-6-10-20/h4-15,18,24H,2H2,1,3H3/t18-/m1/s1. The minimum absolute atomic E-state index is 0.0757. The van der Waals surface area contributed by atoms with Crippen molar-refractivity contribution in [3.63, 3.8) is 0 Å². The molecule has 0 saturated heterocycles. The van der Waals surface area contributed by atoms with Crippen molar-refractivity contribution in [3.05, 3.63) is 96.3 Å². The third-order valence-corrected chi connectivity index (χ3v) is 3.93. The number of rotatable bonds is 6. The molecule has 0 radical (unpaired) electrons. The second kappa shape index (κ2) is 7.67. The number of nitrogens with zero attached hydrogens (tertiary/aromatic N) is 1. The van der Waals surface area contributed by atoms with Crippen LogP contribution in [0.15, 0.2) is 79.5 Å². The molecule has 1 atom stereocenters. The maximum Gasteiger partial charge on any atom is 0.128 e. The second-order valence-corrected chi connectivity index (χ2v) is 6.05. The molecule has 3 heteroatoms. The summed E-state index contributed by atoms with van der Waals surface area (Å²) < 4.78 is 5.89. The normalized spacial score (nSPS) is 11.6. The summed E-state index contributed by atoms with van der Waals surface area (Å²) in [5.41, 5.74) is 3.98. The Labute approximate surface area is 149 Å². The third-order valence-electron chi connectivity index (χ3n) is 3.93. The van der Waals surface area contributed by atoms with Crippen LogP contribution in [-0.4, -0.2) is 4.98 Å². The van der Waals surface area contributed by atoms with Gasteiger partial charge < -0.3 is 10.1 Å². The molecule has 1 aromatic heterocycles. The molecule has 0 aliphatic carbocycles. The highest BCUT2D eigenvalue weighted by Crippen LogP contribution is 2.24. The molecule has 25 heavy (non-hydrogen) atoms. The Morgan fingerprint density at radius 1 is 1.00 bits per heavy atom. The van der Waals surface area contributed by atoms with Crippen molar-refractivity contribution in [1.82, 2.24) is 10.3 Å². The number of hydrogen-bond acceptors (Lipinski definition) is 3. The van der Waals surface area contributed by atoms with Crippen LogP contribution in [0.1, 0.15) is 29.8 Å². The number of benzene rings is 2. The third kappa shape index (κ3) is 4.48. The van der Waals surface area contributed by atoms with E-state index in [0.29, 0.717) is 0 Å². The Bertz CT molecular complexity index is 841. The number of para-hydroxylation sites is 1. The number of hydrogen-bond donors (Lipinski definition) is 1. The first-order valence-corrected chi connectivity index (χ1v) is 8.33. The van der Waals surface area contributed by atoms with Gasteiger partial charge in [0.25, 0.3) is 0 Å². The Morgan fingerprint density at radius 2 is 1.76 bits per heavy atom. The fourth-order valence-corrected chi connectivity index (χ4v) is 2.53. The molecule has 0 fully saturated rings. The number of nitrogens with one attached hydrogen (secondary N) is 1. The Balaban J connectivity index is 1.69. The number of ether oxygens (including phenoxy) is 1. The predicted octanol–water partition coefficient (Wildman–Crippen LogP) is 5.50. The van der Waals surface area contributed by atoms with Gasteiger partial charge in [-0.15, -0.1) is 0 Å². The van der Waals surface area contributed by atoms with Gasteiger partial charge in [-0.25, -0.2) is 0 Å². The van der Waals surface area contributed by atoms with Crippen LogP contribution in [0.25, 0.3) is 5.70 Å². The molecule has 2 aromatic carbocycles. The minimum atomic E-state index is 0.0757. The van der Waals surface area contributed by atoms with Gasteiger partial charge in [-0.3, -0.25) is 4.98 Å². The summed E-state index contributed by atoms with van der Waals surface area (Å²) in [5.74, 6) is 1.60. The lowest BCUT2D eigenvalue weighted by atomic mass is 10.1. The van der Waals surface area contributed by atoms with Crippen LogP contribution >= 0.6 is 0 Å². The van der Waals surface area contributed by atoms with Crippen LogP contribution in [0, 0.1) is 6.92 Å². The summed E-state index contributed by atoms with van der Waals surface area (Å²) in [6.07, 6.45) is 1.88. The van der Waals surface area contributed by atoms with E-state index in [1.807, 2.05) is 73.8 Å². The van der Waals surface area contributed by atoms with Crippen LogP contribution in [0.5, 0.6) is 11.5 Å². The largest absolute Gasteiger partial charge is 0.457 e. The molecule has 0 aliphatic rings. The molecule has 126 valence electrons.